The quantitative estimate of drug-likeness (QED) is 0.218. The second-order valence-electron chi connectivity index (χ2n) is 1.23. The van der Waals surface area contributed by atoms with Crippen molar-refractivity contribution in [2.24, 2.45) is 0 Å². The number of esters is 1. The summed E-state index contributed by atoms with van der Waals surface area (Å²) in [7, 11) is 5.65. The molecule has 5 heteroatoms. The first kappa shape index (κ1) is 7.87. The predicted molar refractivity (Wildman–Crippen MR) is 30.1 cm³/mol. The fourth-order valence-corrected chi connectivity index (χ4v) is 0.201. The molecule has 2 N–H and O–H groups in total. The highest BCUT2D eigenvalue weighted by molar-refractivity contribution is 6.22. The van der Waals surface area contributed by atoms with E-state index in [4.69, 9.17) is 10.2 Å². The van der Waals surface area contributed by atoms with Gasteiger partial charge < -0.3 is 14.9 Å². The van der Waals surface area contributed by atoms with Crippen molar-refractivity contribution in [1.82, 2.24) is 0 Å². The molecular formula is C4H5BO4. The summed E-state index contributed by atoms with van der Waals surface area (Å²) < 4.78 is 3.99. The molecule has 48 valence electrons. The molecular weight excluding hydrogens is 123 g/mol. The highest BCUT2D eigenvalue weighted by Crippen LogP contribution is 1.93. The van der Waals surface area contributed by atoms with Crippen LogP contribution in [0.15, 0.2) is 11.4 Å². The molecule has 0 aromatic rings. The summed E-state index contributed by atoms with van der Waals surface area (Å²) in [6.45, 7) is 0. The number of rotatable bonds is 1. The molecule has 0 aliphatic rings. The van der Waals surface area contributed by atoms with E-state index < -0.39 is 17.4 Å². The Balaban J connectivity index is 4.21. The number of aliphatic hydroxyl groups is 2. The van der Waals surface area contributed by atoms with Crippen LogP contribution in [0.2, 0.25) is 0 Å². The Morgan fingerprint density at radius 2 is 2.00 bits per heavy atom. The summed E-state index contributed by atoms with van der Waals surface area (Å²) >= 11 is 0. The summed E-state index contributed by atoms with van der Waals surface area (Å²) in [4.78, 5) is 10.2. The van der Waals surface area contributed by atoms with Crippen molar-refractivity contribution in [3.8, 4) is 0 Å². The van der Waals surface area contributed by atoms with Gasteiger partial charge in [-0.1, -0.05) is 0 Å². The first-order chi connectivity index (χ1) is 4.09. The minimum atomic E-state index is -1.06. The monoisotopic (exact) mass is 128 g/mol. The highest BCUT2D eigenvalue weighted by Gasteiger charge is 2.08. The fourth-order valence-electron chi connectivity index (χ4n) is 0.201. The summed E-state index contributed by atoms with van der Waals surface area (Å²) in [6.07, 6.45) is 0. The minimum absolute atomic E-state index is 0.943. The third kappa shape index (κ3) is 2.07. The second kappa shape index (κ2) is 3.01. The molecule has 0 unspecified atom stereocenters. The number of carbonyl (C=O) groups is 1. The Bertz CT molecular complexity index is 147. The molecule has 0 spiro atoms. The maximum atomic E-state index is 10.2. The molecule has 0 saturated heterocycles. The van der Waals surface area contributed by atoms with Crippen LogP contribution in [-0.2, 0) is 9.53 Å². The lowest BCUT2D eigenvalue weighted by molar-refractivity contribution is -0.139. The van der Waals surface area contributed by atoms with Crippen LogP contribution >= 0.6 is 0 Å². The van der Waals surface area contributed by atoms with Gasteiger partial charge in [0.15, 0.2) is 7.85 Å². The van der Waals surface area contributed by atoms with Gasteiger partial charge >= 0.3 is 5.97 Å². The second-order valence-corrected chi connectivity index (χ2v) is 1.23. The van der Waals surface area contributed by atoms with Crippen LogP contribution in [-0.4, -0.2) is 31.1 Å². The molecule has 0 rings (SSSR count). The Morgan fingerprint density at radius 1 is 1.56 bits per heavy atom. The average Bonchev–Trinajstić information content (AvgIpc) is 1.84. The van der Waals surface area contributed by atoms with Crippen molar-refractivity contribution < 1.29 is 19.7 Å². The van der Waals surface area contributed by atoms with E-state index in [0.29, 0.717) is 0 Å². The van der Waals surface area contributed by atoms with Crippen LogP contribution in [0.3, 0.4) is 0 Å². The molecule has 0 fully saturated rings. The number of hydrogen-bond acceptors (Lipinski definition) is 4. The SMILES string of the molecule is [B]/C(O)=C(/O)C(=O)OC. The standard InChI is InChI=1S/C4H5BO4/c1-9-4(8)2(6)3(5)7/h6-7H,1H3/b3-2-. The first-order valence-electron chi connectivity index (χ1n) is 2.05. The predicted octanol–water partition coefficient (Wildman–Crippen LogP) is -0.387. The molecule has 0 aliphatic carbocycles. The lowest BCUT2D eigenvalue weighted by Crippen LogP contribution is -2.06. The largest absolute Gasteiger partial charge is 0.520 e. The molecule has 0 aromatic carbocycles. The lowest BCUT2D eigenvalue weighted by Gasteiger charge is -1.96. The molecule has 0 atom stereocenters. The minimum Gasteiger partial charge on any atom is -0.520 e. The van der Waals surface area contributed by atoms with Gasteiger partial charge in [-0.15, -0.1) is 0 Å². The molecule has 0 bridgehead atoms. The van der Waals surface area contributed by atoms with Gasteiger partial charge in [-0.3, -0.25) is 0 Å². The van der Waals surface area contributed by atoms with Crippen LogP contribution in [0.1, 0.15) is 0 Å². The van der Waals surface area contributed by atoms with E-state index in [0.717, 1.165) is 7.11 Å². The van der Waals surface area contributed by atoms with Crippen molar-refractivity contribution in [1.29, 1.82) is 0 Å². The van der Waals surface area contributed by atoms with Crippen LogP contribution in [0.5, 0.6) is 0 Å². The van der Waals surface area contributed by atoms with Gasteiger partial charge in [0.05, 0.1) is 12.8 Å². The van der Waals surface area contributed by atoms with Crippen molar-refractivity contribution in [3.05, 3.63) is 11.4 Å². The number of carbonyl (C=O) groups excluding carboxylic acids is 1. The maximum absolute atomic E-state index is 10.2. The van der Waals surface area contributed by atoms with Crippen LogP contribution < -0.4 is 0 Å². The van der Waals surface area contributed by atoms with Gasteiger partial charge in [-0.25, -0.2) is 4.79 Å². The Hall–Kier alpha value is -1.13. The Labute approximate surface area is 53.2 Å². The van der Waals surface area contributed by atoms with Crippen molar-refractivity contribution in [2.75, 3.05) is 7.11 Å². The highest BCUT2D eigenvalue weighted by atomic mass is 16.5. The normalized spacial score (nSPS) is 12.1. The Kier molecular flexibility index (Phi) is 2.64. The third-order valence-electron chi connectivity index (χ3n) is 0.621. The molecule has 0 aromatic heterocycles. The topological polar surface area (TPSA) is 66.8 Å². The zero-order chi connectivity index (χ0) is 7.44. The summed E-state index contributed by atoms with van der Waals surface area (Å²) in [5.74, 6) is -2.03. The Morgan fingerprint density at radius 3 is 2.11 bits per heavy atom. The molecule has 9 heavy (non-hydrogen) atoms. The average molecular weight is 128 g/mol. The van der Waals surface area contributed by atoms with Crippen LogP contribution in [0.25, 0.3) is 0 Å². The summed E-state index contributed by atoms with van der Waals surface area (Å²) in [5.41, 5.74) is -0.943. The number of ether oxygens (including phenoxy) is 1. The number of aliphatic hydroxyl groups excluding tert-OH is 2. The first-order valence-corrected chi connectivity index (χ1v) is 2.05. The molecule has 4 nitrogen and oxygen atoms in total. The van der Waals surface area contributed by atoms with Gasteiger partial charge in [0.2, 0.25) is 5.76 Å². The van der Waals surface area contributed by atoms with Crippen LogP contribution in [0.4, 0.5) is 0 Å². The number of methoxy groups -OCH3 is 1. The molecule has 0 amide bonds. The van der Waals surface area contributed by atoms with Gasteiger partial charge in [0.25, 0.3) is 0 Å². The fraction of sp³-hybridized carbons (Fsp3) is 0.250. The molecule has 2 radical (unpaired) electrons. The van der Waals surface area contributed by atoms with E-state index >= 15 is 0 Å². The zero-order valence-electron chi connectivity index (χ0n) is 4.79. The van der Waals surface area contributed by atoms with Gasteiger partial charge in [0, 0.05) is 0 Å². The van der Waals surface area contributed by atoms with E-state index in [1.807, 2.05) is 0 Å². The zero-order valence-corrected chi connectivity index (χ0v) is 4.79. The van der Waals surface area contributed by atoms with Crippen molar-refractivity contribution >= 4 is 13.8 Å². The number of hydrogen-bond donors (Lipinski definition) is 2. The summed E-state index contributed by atoms with van der Waals surface area (Å²) in [5, 5.41) is 16.7. The van der Waals surface area contributed by atoms with Gasteiger partial charge in [0.1, 0.15) is 0 Å². The van der Waals surface area contributed by atoms with Gasteiger partial charge in [-0.05, 0) is 0 Å². The maximum Gasteiger partial charge on any atom is 0.375 e. The van der Waals surface area contributed by atoms with Crippen LogP contribution in [0, 0.1) is 0 Å². The van der Waals surface area contributed by atoms with E-state index in [-0.39, 0.29) is 0 Å². The van der Waals surface area contributed by atoms with Crippen molar-refractivity contribution in [3.63, 3.8) is 0 Å². The van der Waals surface area contributed by atoms with E-state index in [1.165, 1.54) is 0 Å². The third-order valence-corrected chi connectivity index (χ3v) is 0.621. The molecule has 0 heterocycles. The summed E-state index contributed by atoms with van der Waals surface area (Å²) in [6, 6.07) is 0. The van der Waals surface area contributed by atoms with Gasteiger partial charge in [-0.2, -0.15) is 0 Å². The lowest BCUT2D eigenvalue weighted by atomic mass is 10.1. The van der Waals surface area contributed by atoms with Crippen molar-refractivity contribution in [2.45, 2.75) is 0 Å². The smallest absolute Gasteiger partial charge is 0.375 e. The van der Waals surface area contributed by atoms with E-state index in [1.54, 1.807) is 0 Å². The van der Waals surface area contributed by atoms with E-state index in [2.05, 4.69) is 12.6 Å². The molecule has 0 aliphatic heterocycles. The van der Waals surface area contributed by atoms with E-state index in [9.17, 15) is 4.79 Å². The molecule has 0 saturated carbocycles.